The number of anilines is 1. The van der Waals surface area contributed by atoms with Gasteiger partial charge in [-0.1, -0.05) is 24.3 Å². The van der Waals surface area contributed by atoms with Crippen LogP contribution in [0.4, 0.5) is 5.69 Å². The van der Waals surface area contributed by atoms with Crippen LogP contribution in [0.1, 0.15) is 26.7 Å². The highest BCUT2D eigenvalue weighted by atomic mass is 16.2. The number of aromatic nitrogens is 3. The molecule has 0 spiro atoms. The van der Waals surface area contributed by atoms with Crippen LogP contribution in [0.25, 0.3) is 10.9 Å². The Morgan fingerprint density at radius 1 is 0.963 bits per heavy atom. The standard InChI is InChI=1S/C21H16N4O2/c1-25-13-12-22-20(25)19(26)15-6-9-16(10-7-15)23-21(27)18-11-8-14-4-2-3-5-17(14)24-18/h2-13H,1H3,(H,23,27). The van der Waals surface area contributed by atoms with Gasteiger partial charge in [0.1, 0.15) is 5.69 Å². The van der Waals surface area contributed by atoms with Crippen molar-refractivity contribution in [3.8, 4) is 0 Å². The molecular weight excluding hydrogens is 340 g/mol. The summed E-state index contributed by atoms with van der Waals surface area (Å²) in [4.78, 5) is 33.3. The van der Waals surface area contributed by atoms with Crippen molar-refractivity contribution >= 4 is 28.3 Å². The Hall–Kier alpha value is -3.80. The highest BCUT2D eigenvalue weighted by molar-refractivity contribution is 6.07. The van der Waals surface area contributed by atoms with Gasteiger partial charge in [-0.15, -0.1) is 0 Å². The van der Waals surface area contributed by atoms with E-state index in [1.807, 2.05) is 30.3 Å². The molecule has 0 aliphatic carbocycles. The lowest BCUT2D eigenvalue weighted by atomic mass is 10.1. The second-order valence-electron chi connectivity index (χ2n) is 6.11. The lowest BCUT2D eigenvalue weighted by Gasteiger charge is -2.07. The van der Waals surface area contributed by atoms with Crippen molar-refractivity contribution in [3.05, 3.63) is 90.1 Å². The smallest absolute Gasteiger partial charge is 0.274 e. The minimum atomic E-state index is -0.302. The Bertz CT molecular complexity index is 1150. The minimum absolute atomic E-state index is 0.170. The van der Waals surface area contributed by atoms with Gasteiger partial charge in [-0.3, -0.25) is 9.59 Å². The molecule has 0 saturated heterocycles. The van der Waals surface area contributed by atoms with Crippen LogP contribution in [0, 0.1) is 0 Å². The van der Waals surface area contributed by atoms with Crippen molar-refractivity contribution in [2.24, 2.45) is 7.05 Å². The number of para-hydroxylation sites is 1. The predicted octanol–water partition coefficient (Wildman–Crippen LogP) is 3.45. The van der Waals surface area contributed by atoms with Gasteiger partial charge < -0.3 is 9.88 Å². The predicted molar refractivity (Wildman–Crippen MR) is 103 cm³/mol. The van der Waals surface area contributed by atoms with Gasteiger partial charge in [-0.05, 0) is 36.4 Å². The maximum Gasteiger partial charge on any atom is 0.274 e. The van der Waals surface area contributed by atoms with Crippen LogP contribution in [0.15, 0.2) is 73.1 Å². The summed E-state index contributed by atoms with van der Waals surface area (Å²) in [5, 5.41) is 3.78. The Kier molecular flexibility index (Phi) is 4.22. The average Bonchev–Trinajstić information content (AvgIpc) is 3.13. The normalized spacial score (nSPS) is 10.7. The maximum absolute atomic E-state index is 12.5. The van der Waals surface area contributed by atoms with Crippen molar-refractivity contribution in [2.45, 2.75) is 0 Å². The summed E-state index contributed by atoms with van der Waals surface area (Å²) in [6.45, 7) is 0. The molecule has 0 aliphatic rings. The van der Waals surface area contributed by atoms with Crippen LogP contribution in [0.5, 0.6) is 0 Å². The summed E-state index contributed by atoms with van der Waals surface area (Å²) in [7, 11) is 1.77. The summed E-state index contributed by atoms with van der Waals surface area (Å²) in [6.07, 6.45) is 3.30. The first-order chi connectivity index (χ1) is 13.1. The number of pyridine rings is 1. The van der Waals surface area contributed by atoms with Crippen LogP contribution < -0.4 is 5.32 Å². The van der Waals surface area contributed by atoms with Crippen LogP contribution in [0.2, 0.25) is 0 Å². The molecule has 4 aromatic rings. The lowest BCUT2D eigenvalue weighted by molar-refractivity contribution is 0.101. The van der Waals surface area contributed by atoms with Gasteiger partial charge in [0.05, 0.1) is 5.52 Å². The molecule has 0 bridgehead atoms. The second-order valence-corrected chi connectivity index (χ2v) is 6.11. The van der Waals surface area contributed by atoms with E-state index >= 15 is 0 Å². The van der Waals surface area contributed by atoms with E-state index in [1.165, 1.54) is 0 Å². The molecule has 1 N–H and O–H groups in total. The zero-order valence-electron chi connectivity index (χ0n) is 14.6. The fourth-order valence-electron chi connectivity index (χ4n) is 2.81. The lowest BCUT2D eigenvalue weighted by Crippen LogP contribution is -2.14. The minimum Gasteiger partial charge on any atom is -0.331 e. The molecule has 0 fully saturated rings. The topological polar surface area (TPSA) is 76.9 Å². The van der Waals surface area contributed by atoms with E-state index in [9.17, 15) is 9.59 Å². The molecule has 2 aromatic heterocycles. The van der Waals surface area contributed by atoms with E-state index in [-0.39, 0.29) is 11.7 Å². The number of imidazole rings is 1. The van der Waals surface area contributed by atoms with Gasteiger partial charge in [0.2, 0.25) is 5.78 Å². The van der Waals surface area contributed by atoms with Crippen molar-refractivity contribution < 1.29 is 9.59 Å². The number of nitrogens with one attached hydrogen (secondary N) is 1. The highest BCUT2D eigenvalue weighted by Crippen LogP contribution is 2.15. The Morgan fingerprint density at radius 2 is 1.74 bits per heavy atom. The average molecular weight is 356 g/mol. The van der Waals surface area contributed by atoms with Gasteiger partial charge in [0.25, 0.3) is 5.91 Å². The van der Waals surface area contributed by atoms with E-state index < -0.39 is 0 Å². The number of benzene rings is 2. The van der Waals surface area contributed by atoms with E-state index in [0.717, 1.165) is 10.9 Å². The molecule has 6 heteroatoms. The zero-order valence-corrected chi connectivity index (χ0v) is 14.6. The van der Waals surface area contributed by atoms with Crippen LogP contribution in [-0.2, 0) is 7.05 Å². The molecule has 2 aromatic carbocycles. The number of nitrogens with zero attached hydrogens (tertiary/aromatic N) is 3. The first kappa shape index (κ1) is 16.7. The van der Waals surface area contributed by atoms with Crippen LogP contribution >= 0.6 is 0 Å². The van der Waals surface area contributed by atoms with Crippen LogP contribution in [-0.4, -0.2) is 26.2 Å². The first-order valence-electron chi connectivity index (χ1n) is 8.41. The molecule has 132 valence electrons. The van der Waals surface area contributed by atoms with E-state index in [0.29, 0.717) is 22.8 Å². The third kappa shape index (κ3) is 3.32. The quantitative estimate of drug-likeness (QED) is 0.568. The first-order valence-corrected chi connectivity index (χ1v) is 8.41. The fourth-order valence-corrected chi connectivity index (χ4v) is 2.81. The number of aryl methyl sites for hydroxylation is 1. The molecule has 0 unspecified atom stereocenters. The number of carbonyl (C=O) groups is 2. The molecule has 4 rings (SSSR count). The largest absolute Gasteiger partial charge is 0.331 e. The number of rotatable bonds is 4. The number of carbonyl (C=O) groups excluding carboxylic acids is 2. The highest BCUT2D eigenvalue weighted by Gasteiger charge is 2.14. The molecule has 1 amide bonds. The molecule has 0 aliphatic heterocycles. The number of hydrogen-bond acceptors (Lipinski definition) is 4. The Morgan fingerprint density at radius 3 is 2.48 bits per heavy atom. The van der Waals surface area contributed by atoms with Gasteiger partial charge >= 0.3 is 0 Å². The molecule has 2 heterocycles. The van der Waals surface area contributed by atoms with Crippen molar-refractivity contribution in [3.63, 3.8) is 0 Å². The van der Waals surface area contributed by atoms with E-state index in [2.05, 4.69) is 15.3 Å². The van der Waals surface area contributed by atoms with E-state index in [1.54, 1.807) is 54.3 Å². The summed E-state index contributed by atoms with van der Waals surface area (Å²) in [6, 6.07) is 17.9. The van der Waals surface area contributed by atoms with Gasteiger partial charge in [-0.2, -0.15) is 0 Å². The summed E-state index contributed by atoms with van der Waals surface area (Å²) >= 11 is 0. The van der Waals surface area contributed by atoms with Crippen molar-refractivity contribution in [1.29, 1.82) is 0 Å². The molecule has 0 radical (unpaired) electrons. The molecular formula is C21H16N4O2. The Labute approximate surface area is 155 Å². The molecule has 27 heavy (non-hydrogen) atoms. The van der Waals surface area contributed by atoms with Gasteiger partial charge in [0, 0.05) is 36.1 Å². The van der Waals surface area contributed by atoms with Gasteiger partial charge in [0.15, 0.2) is 5.82 Å². The fraction of sp³-hybridized carbons (Fsp3) is 0.0476. The van der Waals surface area contributed by atoms with E-state index in [4.69, 9.17) is 0 Å². The van der Waals surface area contributed by atoms with Crippen molar-refractivity contribution in [2.75, 3.05) is 5.32 Å². The molecule has 6 nitrogen and oxygen atoms in total. The van der Waals surface area contributed by atoms with Gasteiger partial charge in [-0.25, -0.2) is 9.97 Å². The number of fused-ring (bicyclic) bond motifs is 1. The number of ketones is 1. The number of amides is 1. The summed E-state index contributed by atoms with van der Waals surface area (Å²) in [5.74, 6) is -0.104. The zero-order chi connectivity index (χ0) is 18.8. The molecule has 0 saturated carbocycles. The second kappa shape index (κ2) is 6.84. The SMILES string of the molecule is Cn1ccnc1C(=O)c1ccc(NC(=O)c2ccc3ccccc3n2)cc1. The molecule has 0 atom stereocenters. The third-order valence-electron chi connectivity index (χ3n) is 4.26. The summed E-state index contributed by atoms with van der Waals surface area (Å²) < 4.78 is 1.67. The monoisotopic (exact) mass is 356 g/mol. The van der Waals surface area contributed by atoms with Crippen molar-refractivity contribution in [1.82, 2.24) is 14.5 Å². The maximum atomic E-state index is 12.5. The third-order valence-corrected chi connectivity index (χ3v) is 4.26. The number of hydrogen-bond donors (Lipinski definition) is 1. The van der Waals surface area contributed by atoms with Crippen LogP contribution in [0.3, 0.4) is 0 Å². The summed E-state index contributed by atoms with van der Waals surface area (Å²) in [5.41, 5.74) is 2.19. The Balaban J connectivity index is 1.51.